The minimum Gasteiger partial charge on any atom is -0.392 e. The molecule has 5 nitrogen and oxygen atoms in total. The van der Waals surface area contributed by atoms with E-state index >= 15 is 0 Å². The largest absolute Gasteiger partial charge is 0.392 e. The van der Waals surface area contributed by atoms with E-state index in [1.165, 1.54) is 0 Å². The fraction of sp³-hybridized carbons (Fsp3) is 0.391. The minimum atomic E-state index is -0.636. The SMILES string of the molecule is CCC[C@@H]1N(C(=O)Cc2ccc(CO)cc2)CC[C@@]12C(=O)Nc1ccccc12. The van der Waals surface area contributed by atoms with Crippen molar-refractivity contribution in [3.8, 4) is 0 Å². The Labute approximate surface area is 165 Å². The van der Waals surface area contributed by atoms with Crippen LogP contribution in [0.5, 0.6) is 0 Å². The van der Waals surface area contributed by atoms with Crippen molar-refractivity contribution in [2.75, 3.05) is 11.9 Å². The summed E-state index contributed by atoms with van der Waals surface area (Å²) in [5, 5.41) is 12.2. The van der Waals surface area contributed by atoms with E-state index in [4.69, 9.17) is 0 Å². The summed E-state index contributed by atoms with van der Waals surface area (Å²) >= 11 is 0. The van der Waals surface area contributed by atoms with Gasteiger partial charge < -0.3 is 15.3 Å². The number of aliphatic hydroxyl groups is 1. The number of carbonyl (C=O) groups excluding carboxylic acids is 2. The van der Waals surface area contributed by atoms with Gasteiger partial charge in [-0.25, -0.2) is 0 Å². The lowest BCUT2D eigenvalue weighted by Crippen LogP contribution is -2.49. The number of anilines is 1. The average Bonchev–Trinajstić information content (AvgIpc) is 3.22. The van der Waals surface area contributed by atoms with E-state index in [9.17, 15) is 14.7 Å². The third kappa shape index (κ3) is 2.90. The highest BCUT2D eigenvalue weighted by molar-refractivity contribution is 6.07. The van der Waals surface area contributed by atoms with E-state index in [0.29, 0.717) is 19.4 Å². The number of fused-ring (bicyclic) bond motifs is 2. The second kappa shape index (κ2) is 7.40. The summed E-state index contributed by atoms with van der Waals surface area (Å²) < 4.78 is 0. The van der Waals surface area contributed by atoms with Crippen LogP contribution >= 0.6 is 0 Å². The van der Waals surface area contributed by atoms with Crippen LogP contribution in [0.15, 0.2) is 48.5 Å². The molecule has 0 aliphatic carbocycles. The molecule has 146 valence electrons. The standard InChI is InChI=1S/C23H26N2O3/c1-2-5-20-23(18-6-3-4-7-19(18)24-22(23)28)12-13-25(20)21(27)14-16-8-10-17(15-26)11-9-16/h3-4,6-11,20,26H,2,5,12-15H2,1H3,(H,24,28)/t20-,23-/m0/s1. The molecule has 2 aliphatic heterocycles. The number of hydrogen-bond acceptors (Lipinski definition) is 3. The highest BCUT2D eigenvalue weighted by atomic mass is 16.3. The van der Waals surface area contributed by atoms with E-state index in [1.807, 2.05) is 53.4 Å². The van der Waals surface area contributed by atoms with Crippen LogP contribution in [0, 0.1) is 0 Å². The van der Waals surface area contributed by atoms with Gasteiger partial charge in [0.2, 0.25) is 11.8 Å². The maximum Gasteiger partial charge on any atom is 0.237 e. The molecule has 1 saturated heterocycles. The lowest BCUT2D eigenvalue weighted by Gasteiger charge is -2.34. The Morgan fingerprint density at radius 3 is 2.61 bits per heavy atom. The quantitative estimate of drug-likeness (QED) is 0.840. The number of carbonyl (C=O) groups is 2. The normalized spacial score (nSPS) is 23.1. The molecule has 0 unspecified atom stereocenters. The molecule has 5 heteroatoms. The van der Waals surface area contributed by atoms with Crippen LogP contribution in [0.4, 0.5) is 5.69 Å². The molecular formula is C23H26N2O3. The minimum absolute atomic E-state index is 0.00400. The highest BCUT2D eigenvalue weighted by Crippen LogP contribution is 2.49. The number of para-hydroxylation sites is 1. The first kappa shape index (κ1) is 18.7. The average molecular weight is 378 g/mol. The number of aliphatic hydroxyl groups excluding tert-OH is 1. The van der Waals surface area contributed by atoms with Gasteiger partial charge in [0.25, 0.3) is 0 Å². The van der Waals surface area contributed by atoms with Gasteiger partial charge in [-0.2, -0.15) is 0 Å². The predicted molar refractivity (Wildman–Crippen MR) is 108 cm³/mol. The topological polar surface area (TPSA) is 69.6 Å². The summed E-state index contributed by atoms with van der Waals surface area (Å²) in [5.41, 5.74) is 3.03. The number of nitrogens with zero attached hydrogens (tertiary/aromatic N) is 1. The zero-order valence-corrected chi connectivity index (χ0v) is 16.1. The lowest BCUT2D eigenvalue weighted by molar-refractivity contribution is -0.132. The van der Waals surface area contributed by atoms with Crippen molar-refractivity contribution in [3.05, 3.63) is 65.2 Å². The van der Waals surface area contributed by atoms with Gasteiger partial charge >= 0.3 is 0 Å². The molecular weight excluding hydrogens is 352 g/mol. The Kier molecular flexibility index (Phi) is 4.94. The summed E-state index contributed by atoms with van der Waals surface area (Å²) in [6.45, 7) is 2.69. The predicted octanol–water partition coefficient (Wildman–Crippen LogP) is 3.01. The maximum atomic E-state index is 13.2. The summed E-state index contributed by atoms with van der Waals surface area (Å²) in [4.78, 5) is 28.1. The van der Waals surface area contributed by atoms with Gasteiger partial charge in [-0.05, 0) is 35.6 Å². The molecule has 4 rings (SSSR count). The molecule has 2 aromatic carbocycles. The molecule has 2 aliphatic rings. The summed E-state index contributed by atoms with van der Waals surface area (Å²) in [7, 11) is 0. The Balaban J connectivity index is 1.62. The molecule has 2 amide bonds. The number of amides is 2. The number of rotatable bonds is 5. The second-order valence-corrected chi connectivity index (χ2v) is 7.76. The molecule has 28 heavy (non-hydrogen) atoms. The molecule has 0 saturated carbocycles. The van der Waals surface area contributed by atoms with Crippen molar-refractivity contribution < 1.29 is 14.7 Å². The second-order valence-electron chi connectivity index (χ2n) is 7.76. The zero-order chi connectivity index (χ0) is 19.7. The summed E-state index contributed by atoms with van der Waals surface area (Å²) in [5.74, 6) is 0.0824. The Morgan fingerprint density at radius 1 is 1.18 bits per heavy atom. The van der Waals surface area contributed by atoms with Crippen molar-refractivity contribution >= 4 is 17.5 Å². The van der Waals surface area contributed by atoms with E-state index < -0.39 is 5.41 Å². The van der Waals surface area contributed by atoms with E-state index in [0.717, 1.165) is 35.2 Å². The van der Waals surface area contributed by atoms with Gasteiger partial charge in [0, 0.05) is 12.2 Å². The van der Waals surface area contributed by atoms with Crippen molar-refractivity contribution in [2.45, 2.75) is 50.7 Å². The van der Waals surface area contributed by atoms with Crippen molar-refractivity contribution in [1.82, 2.24) is 4.90 Å². The van der Waals surface area contributed by atoms with E-state index in [-0.39, 0.29) is 24.5 Å². The van der Waals surface area contributed by atoms with Gasteiger partial charge in [0.05, 0.1) is 24.5 Å². The molecule has 1 spiro atoms. The van der Waals surface area contributed by atoms with Crippen LogP contribution in [0.3, 0.4) is 0 Å². The lowest BCUT2D eigenvalue weighted by atomic mass is 9.73. The number of benzene rings is 2. The number of likely N-dealkylation sites (tertiary alicyclic amines) is 1. The summed E-state index contributed by atoms with van der Waals surface area (Å²) in [6, 6.07) is 15.2. The first-order valence-electron chi connectivity index (χ1n) is 9.99. The van der Waals surface area contributed by atoms with Crippen LogP contribution in [-0.2, 0) is 28.0 Å². The van der Waals surface area contributed by atoms with Crippen LogP contribution in [0.25, 0.3) is 0 Å². The van der Waals surface area contributed by atoms with Gasteiger partial charge in [-0.15, -0.1) is 0 Å². The zero-order valence-electron chi connectivity index (χ0n) is 16.1. The first-order valence-corrected chi connectivity index (χ1v) is 9.99. The number of nitrogens with one attached hydrogen (secondary N) is 1. The van der Waals surface area contributed by atoms with Gasteiger partial charge in [0.15, 0.2) is 0 Å². The van der Waals surface area contributed by atoms with Crippen molar-refractivity contribution in [2.24, 2.45) is 0 Å². The van der Waals surface area contributed by atoms with E-state index in [1.54, 1.807) is 0 Å². The molecule has 0 aromatic heterocycles. The van der Waals surface area contributed by atoms with Gasteiger partial charge in [-0.1, -0.05) is 55.8 Å². The molecule has 2 N–H and O–H groups in total. The van der Waals surface area contributed by atoms with Crippen LogP contribution < -0.4 is 5.32 Å². The summed E-state index contributed by atoms with van der Waals surface area (Å²) in [6.07, 6.45) is 2.69. The van der Waals surface area contributed by atoms with Crippen molar-refractivity contribution in [1.29, 1.82) is 0 Å². The smallest absolute Gasteiger partial charge is 0.237 e. The fourth-order valence-electron chi connectivity index (χ4n) is 4.81. The molecule has 0 bridgehead atoms. The van der Waals surface area contributed by atoms with Crippen molar-refractivity contribution in [3.63, 3.8) is 0 Å². The molecule has 2 atom stereocenters. The number of hydrogen-bond donors (Lipinski definition) is 2. The van der Waals surface area contributed by atoms with Crippen LogP contribution in [0.1, 0.15) is 42.9 Å². The Bertz CT molecular complexity index is 893. The molecule has 2 aromatic rings. The van der Waals surface area contributed by atoms with Gasteiger partial charge in [0.1, 0.15) is 0 Å². The third-order valence-corrected chi connectivity index (χ3v) is 6.20. The van der Waals surface area contributed by atoms with E-state index in [2.05, 4.69) is 12.2 Å². The Hall–Kier alpha value is -2.66. The molecule has 2 heterocycles. The first-order chi connectivity index (χ1) is 13.6. The highest BCUT2D eigenvalue weighted by Gasteiger charge is 2.58. The Morgan fingerprint density at radius 2 is 1.89 bits per heavy atom. The fourth-order valence-corrected chi connectivity index (χ4v) is 4.81. The third-order valence-electron chi connectivity index (χ3n) is 6.20. The van der Waals surface area contributed by atoms with Crippen LogP contribution in [0.2, 0.25) is 0 Å². The maximum absolute atomic E-state index is 13.2. The van der Waals surface area contributed by atoms with Crippen LogP contribution in [-0.4, -0.2) is 34.4 Å². The molecule has 1 fully saturated rings. The molecule has 0 radical (unpaired) electrons. The van der Waals surface area contributed by atoms with Gasteiger partial charge in [-0.3, -0.25) is 9.59 Å². The monoisotopic (exact) mass is 378 g/mol.